The van der Waals surface area contributed by atoms with Crippen LogP contribution in [0.25, 0.3) is 16.7 Å². The van der Waals surface area contributed by atoms with E-state index in [0.29, 0.717) is 0 Å². The van der Waals surface area contributed by atoms with Crippen LogP contribution in [0.5, 0.6) is 0 Å². The summed E-state index contributed by atoms with van der Waals surface area (Å²) in [5, 5.41) is 35.0. The summed E-state index contributed by atoms with van der Waals surface area (Å²) in [7, 11) is 1.08. The van der Waals surface area contributed by atoms with Gasteiger partial charge in [0.15, 0.2) is 0 Å². The molecule has 180 valence electrons. The molecule has 0 saturated heterocycles. The summed E-state index contributed by atoms with van der Waals surface area (Å²) in [6, 6.07) is 4.11. The number of esters is 1. The van der Waals surface area contributed by atoms with Gasteiger partial charge in [-0.15, -0.1) is 0 Å². The maximum Gasteiger partial charge on any atom is 0.338 e. The van der Waals surface area contributed by atoms with Crippen LogP contribution in [0.15, 0.2) is 78.9 Å². The molecule has 11 nitrogen and oxygen atoms in total. The van der Waals surface area contributed by atoms with Crippen LogP contribution in [0.2, 0.25) is 0 Å². The Kier molecular flexibility index (Phi) is 6.38. The average Bonchev–Trinajstić information content (AvgIpc) is 3.48. The Morgan fingerprint density at radius 3 is 2.03 bits per heavy atom. The lowest BCUT2D eigenvalue weighted by Crippen LogP contribution is -2.06. The quantitative estimate of drug-likeness (QED) is 0.184. The van der Waals surface area contributed by atoms with E-state index in [1.54, 1.807) is 18.2 Å². The van der Waals surface area contributed by atoms with Crippen LogP contribution in [0.4, 0.5) is 17.1 Å². The number of non-ortho nitro benzene ring substituents is 2. The van der Waals surface area contributed by atoms with E-state index in [2.05, 4.69) is 0 Å². The summed E-state index contributed by atoms with van der Waals surface area (Å²) in [6.45, 7) is 0. The molecule has 2 aromatic carbocycles. The van der Waals surface area contributed by atoms with Crippen LogP contribution in [-0.4, -0.2) is 27.8 Å². The second-order valence-corrected chi connectivity index (χ2v) is 7.76. The number of ether oxygens (including phenoxy) is 1. The van der Waals surface area contributed by atoms with Gasteiger partial charge in [0.1, 0.15) is 0 Å². The molecule has 0 radical (unpaired) electrons. The van der Waals surface area contributed by atoms with Gasteiger partial charge in [-0.3, -0.25) is 30.3 Å². The fourth-order valence-electron chi connectivity index (χ4n) is 4.13. The SMILES string of the molecule is COC(=O)c1cc([N+](=O)[O-])cc2c1-c1c(cc([N+](=O)[O-])cc1[N+](=O)[O-])\C2=C/C=C/C=C/C1C=CC=C1. The number of hydrogen-bond donors (Lipinski definition) is 0. The topological polar surface area (TPSA) is 156 Å². The summed E-state index contributed by atoms with van der Waals surface area (Å²) in [5.41, 5.74) is -1.33. The second kappa shape index (κ2) is 9.58. The van der Waals surface area contributed by atoms with Gasteiger partial charge in [-0.1, -0.05) is 54.7 Å². The van der Waals surface area contributed by atoms with Gasteiger partial charge >= 0.3 is 5.97 Å². The van der Waals surface area contributed by atoms with E-state index < -0.39 is 37.8 Å². The molecule has 2 aliphatic carbocycles. The molecule has 0 fully saturated rings. The zero-order valence-electron chi connectivity index (χ0n) is 18.7. The van der Waals surface area contributed by atoms with Gasteiger partial charge in [0.25, 0.3) is 17.1 Å². The minimum Gasteiger partial charge on any atom is -0.465 e. The van der Waals surface area contributed by atoms with Gasteiger partial charge in [0, 0.05) is 35.2 Å². The van der Waals surface area contributed by atoms with E-state index in [9.17, 15) is 35.1 Å². The first-order valence-electron chi connectivity index (χ1n) is 10.5. The molecule has 36 heavy (non-hydrogen) atoms. The van der Waals surface area contributed by atoms with Crippen LogP contribution >= 0.6 is 0 Å². The predicted molar refractivity (Wildman–Crippen MR) is 130 cm³/mol. The lowest BCUT2D eigenvalue weighted by Gasteiger charge is -2.08. The van der Waals surface area contributed by atoms with Crippen molar-refractivity contribution in [1.82, 2.24) is 0 Å². The Morgan fingerprint density at radius 1 is 0.833 bits per heavy atom. The molecule has 0 aliphatic heterocycles. The highest BCUT2D eigenvalue weighted by Crippen LogP contribution is 2.52. The summed E-state index contributed by atoms with van der Waals surface area (Å²) in [6.07, 6.45) is 16.3. The molecule has 0 saturated carbocycles. The molecule has 2 aromatic rings. The molecule has 0 atom stereocenters. The number of hydrogen-bond acceptors (Lipinski definition) is 8. The van der Waals surface area contributed by atoms with Crippen LogP contribution in [0.1, 0.15) is 21.5 Å². The summed E-state index contributed by atoms with van der Waals surface area (Å²) in [4.78, 5) is 45.3. The lowest BCUT2D eigenvalue weighted by atomic mass is 9.97. The normalized spacial score (nSPS) is 15.1. The monoisotopic (exact) mass is 487 g/mol. The number of carbonyl (C=O) groups excluding carboxylic acids is 1. The van der Waals surface area contributed by atoms with Gasteiger partial charge in [-0.05, 0) is 11.1 Å². The van der Waals surface area contributed by atoms with Gasteiger partial charge < -0.3 is 4.74 Å². The van der Waals surface area contributed by atoms with E-state index in [-0.39, 0.29) is 39.3 Å². The zero-order chi connectivity index (χ0) is 26.0. The Hall–Kier alpha value is -5.19. The molecule has 0 unspecified atom stereocenters. The second-order valence-electron chi connectivity index (χ2n) is 7.76. The number of fused-ring (bicyclic) bond motifs is 3. The van der Waals surface area contributed by atoms with Crippen molar-refractivity contribution in [2.45, 2.75) is 0 Å². The van der Waals surface area contributed by atoms with E-state index in [0.717, 1.165) is 25.3 Å². The molecule has 0 heterocycles. The number of rotatable bonds is 7. The number of nitro benzene ring substituents is 3. The fraction of sp³-hybridized carbons (Fsp3) is 0.0800. The molecule has 4 rings (SSSR count). The highest BCUT2D eigenvalue weighted by Gasteiger charge is 2.38. The maximum atomic E-state index is 12.6. The first kappa shape index (κ1) is 24.0. The average molecular weight is 487 g/mol. The molecule has 0 N–H and O–H groups in total. The van der Waals surface area contributed by atoms with Crippen molar-refractivity contribution >= 4 is 28.6 Å². The maximum absolute atomic E-state index is 12.6. The van der Waals surface area contributed by atoms with Crippen LogP contribution in [-0.2, 0) is 4.74 Å². The first-order valence-corrected chi connectivity index (χ1v) is 10.5. The number of allylic oxidation sites excluding steroid dienone is 9. The molecule has 0 aromatic heterocycles. The van der Waals surface area contributed by atoms with Gasteiger partial charge in [0.2, 0.25) is 0 Å². The third-order valence-electron chi connectivity index (χ3n) is 5.68. The van der Waals surface area contributed by atoms with Crippen molar-refractivity contribution in [3.8, 4) is 11.1 Å². The highest BCUT2D eigenvalue weighted by molar-refractivity contribution is 6.12. The molecular weight excluding hydrogens is 470 g/mol. The minimum absolute atomic E-state index is 0.0421. The number of methoxy groups -OCH3 is 1. The third-order valence-corrected chi connectivity index (χ3v) is 5.68. The van der Waals surface area contributed by atoms with Crippen LogP contribution < -0.4 is 0 Å². The molecule has 0 amide bonds. The van der Waals surface area contributed by atoms with Crippen molar-refractivity contribution in [3.63, 3.8) is 0 Å². The van der Waals surface area contributed by atoms with Gasteiger partial charge in [-0.2, -0.15) is 0 Å². The Morgan fingerprint density at radius 2 is 1.44 bits per heavy atom. The molecule has 11 heteroatoms. The fourth-order valence-corrected chi connectivity index (χ4v) is 4.13. The summed E-state index contributed by atoms with van der Waals surface area (Å²) in [5.74, 6) is -0.795. The zero-order valence-corrected chi connectivity index (χ0v) is 18.7. The summed E-state index contributed by atoms with van der Waals surface area (Å²) >= 11 is 0. The lowest BCUT2D eigenvalue weighted by molar-refractivity contribution is -0.393. The Bertz CT molecular complexity index is 1470. The van der Waals surface area contributed by atoms with Crippen LogP contribution in [0.3, 0.4) is 0 Å². The number of nitrogens with zero attached hydrogens (tertiary/aromatic N) is 3. The number of nitro groups is 3. The van der Waals surface area contributed by atoms with Crippen molar-refractivity contribution in [2.24, 2.45) is 5.92 Å². The third kappa shape index (κ3) is 4.32. The molecule has 0 bridgehead atoms. The molecule has 2 aliphatic rings. The Labute approximate surface area is 203 Å². The number of benzene rings is 2. The van der Waals surface area contributed by atoms with Crippen molar-refractivity contribution in [1.29, 1.82) is 0 Å². The highest BCUT2D eigenvalue weighted by atomic mass is 16.6. The largest absolute Gasteiger partial charge is 0.465 e. The van der Waals surface area contributed by atoms with E-state index >= 15 is 0 Å². The molecule has 0 spiro atoms. The number of carbonyl (C=O) groups is 1. The Balaban J connectivity index is 1.99. The smallest absolute Gasteiger partial charge is 0.338 e. The van der Waals surface area contributed by atoms with Crippen molar-refractivity contribution in [3.05, 3.63) is 126 Å². The molecular formula is C25H17N3O8. The van der Waals surface area contributed by atoms with E-state index in [4.69, 9.17) is 4.74 Å². The minimum atomic E-state index is -0.939. The van der Waals surface area contributed by atoms with E-state index in [1.807, 2.05) is 30.4 Å². The van der Waals surface area contributed by atoms with Crippen LogP contribution in [0, 0.1) is 36.3 Å². The summed E-state index contributed by atoms with van der Waals surface area (Å²) < 4.78 is 4.78. The van der Waals surface area contributed by atoms with Gasteiger partial charge in [0.05, 0.1) is 39.1 Å². The standard InChI is InChI=1S/C25H17N3O8/c1-36-25(29)21-13-16(26(30)31)11-19-18(10-4-2-3-7-15-8-5-6-9-15)20-12-17(27(32)33)14-22(28(34)35)24(20)23(19)21/h2-15H,1H3/b4-2+,7-3+,18-10-. The first-order chi connectivity index (χ1) is 17.2. The van der Waals surface area contributed by atoms with Gasteiger partial charge in [-0.25, -0.2) is 4.79 Å². The van der Waals surface area contributed by atoms with E-state index in [1.165, 1.54) is 12.1 Å². The predicted octanol–water partition coefficient (Wildman–Crippen LogP) is 5.46. The van der Waals surface area contributed by atoms with Crippen molar-refractivity contribution < 1.29 is 24.3 Å². The van der Waals surface area contributed by atoms with Crippen molar-refractivity contribution in [2.75, 3.05) is 7.11 Å².